The Morgan fingerprint density at radius 1 is 1.88 bits per heavy atom. The molecule has 0 atom stereocenters. The number of halogens is 1. The lowest BCUT2D eigenvalue weighted by Crippen LogP contribution is -2.02. The third-order valence-electron chi connectivity index (χ3n) is 0.835. The zero-order valence-electron chi connectivity index (χ0n) is 4.39. The summed E-state index contributed by atoms with van der Waals surface area (Å²) >= 11 is 7.23. The van der Waals surface area contributed by atoms with Crippen molar-refractivity contribution in [1.29, 1.82) is 0 Å². The summed E-state index contributed by atoms with van der Waals surface area (Å²) in [6.07, 6.45) is 0. The summed E-state index contributed by atoms with van der Waals surface area (Å²) in [5, 5.41) is 1.97. The Morgan fingerprint density at radius 2 is 2.75 bits per heavy atom. The first kappa shape index (κ1) is 6.30. The van der Waals surface area contributed by atoms with Gasteiger partial charge in [0.25, 0.3) is 0 Å². The highest BCUT2D eigenvalue weighted by molar-refractivity contribution is 8.02. The van der Waals surface area contributed by atoms with Gasteiger partial charge in [0.05, 0.1) is 12.5 Å². The van der Waals surface area contributed by atoms with Crippen LogP contribution in [0.4, 0.5) is 0 Å². The molecule has 1 nitrogen and oxygen atoms in total. The number of allylic oxidation sites excluding steroid dienone is 1. The van der Waals surface area contributed by atoms with Gasteiger partial charge < -0.3 is 4.74 Å². The summed E-state index contributed by atoms with van der Waals surface area (Å²) < 4.78 is 5.14. The van der Waals surface area contributed by atoms with E-state index in [1.165, 1.54) is 0 Å². The molecule has 0 aromatic heterocycles. The molecule has 3 heteroatoms. The minimum absolute atomic E-state index is 0.507. The molecule has 0 aromatic carbocycles. The molecule has 8 heavy (non-hydrogen) atoms. The smallest absolute Gasteiger partial charge is 0.117 e. The van der Waals surface area contributed by atoms with E-state index < -0.39 is 0 Å². The van der Waals surface area contributed by atoms with Crippen LogP contribution in [-0.2, 0) is 4.74 Å². The van der Waals surface area contributed by atoms with Gasteiger partial charge in [-0.3, -0.25) is 0 Å². The molecule has 46 valence electrons. The standard InChI is InChI=1S/C5H7ClOS/c6-3-5-4-8-2-1-7-5/h4H,1-3H2. The molecule has 1 rings (SSSR count). The number of hydrogen-bond donors (Lipinski definition) is 0. The first-order valence-electron chi connectivity index (χ1n) is 2.43. The van der Waals surface area contributed by atoms with Gasteiger partial charge in [-0.25, -0.2) is 0 Å². The van der Waals surface area contributed by atoms with Crippen molar-refractivity contribution < 1.29 is 4.74 Å². The van der Waals surface area contributed by atoms with E-state index in [9.17, 15) is 0 Å². The van der Waals surface area contributed by atoms with Crippen molar-refractivity contribution in [3.05, 3.63) is 11.2 Å². The van der Waals surface area contributed by atoms with Crippen LogP contribution in [0.25, 0.3) is 0 Å². The summed E-state index contributed by atoms with van der Waals surface area (Å²) in [7, 11) is 0. The van der Waals surface area contributed by atoms with Crippen LogP contribution in [0.1, 0.15) is 0 Å². The second kappa shape index (κ2) is 3.25. The van der Waals surface area contributed by atoms with Crippen molar-refractivity contribution >= 4 is 23.4 Å². The predicted molar refractivity (Wildman–Crippen MR) is 37.2 cm³/mol. The third-order valence-corrected chi connectivity index (χ3v) is 1.93. The van der Waals surface area contributed by atoms with Gasteiger partial charge in [0.15, 0.2) is 0 Å². The van der Waals surface area contributed by atoms with E-state index in [1.54, 1.807) is 11.8 Å². The van der Waals surface area contributed by atoms with E-state index in [1.807, 2.05) is 5.41 Å². The number of hydrogen-bond acceptors (Lipinski definition) is 2. The molecule has 0 bridgehead atoms. The molecule has 1 aliphatic rings. The monoisotopic (exact) mass is 150 g/mol. The van der Waals surface area contributed by atoms with E-state index in [2.05, 4.69) is 0 Å². The maximum Gasteiger partial charge on any atom is 0.117 e. The SMILES string of the molecule is ClCC1=CSCCO1. The van der Waals surface area contributed by atoms with Gasteiger partial charge >= 0.3 is 0 Å². The Kier molecular flexibility index (Phi) is 2.56. The number of thioether (sulfide) groups is 1. The molecule has 0 aromatic rings. The topological polar surface area (TPSA) is 9.23 Å². The second-order valence-electron chi connectivity index (χ2n) is 1.44. The summed E-state index contributed by atoms with van der Waals surface area (Å²) in [4.78, 5) is 0. The molecule has 0 unspecified atom stereocenters. The molecule has 1 aliphatic heterocycles. The highest BCUT2D eigenvalue weighted by Crippen LogP contribution is 2.15. The summed E-state index contributed by atoms with van der Waals surface area (Å²) in [5.74, 6) is 2.47. The van der Waals surface area contributed by atoms with E-state index in [4.69, 9.17) is 16.3 Å². The lowest BCUT2D eigenvalue weighted by molar-refractivity contribution is 0.234. The molecule has 0 N–H and O–H groups in total. The molecular weight excluding hydrogens is 144 g/mol. The van der Waals surface area contributed by atoms with Crippen LogP contribution >= 0.6 is 23.4 Å². The van der Waals surface area contributed by atoms with E-state index >= 15 is 0 Å². The molecule has 0 fully saturated rings. The quantitative estimate of drug-likeness (QED) is 0.528. The maximum absolute atomic E-state index is 5.47. The first-order valence-corrected chi connectivity index (χ1v) is 4.01. The molecule has 0 aliphatic carbocycles. The molecular formula is C5H7ClOS. The Balaban J connectivity index is 2.37. The van der Waals surface area contributed by atoms with Gasteiger partial charge in [0.1, 0.15) is 5.76 Å². The number of alkyl halides is 1. The molecule has 0 amide bonds. The molecule has 0 radical (unpaired) electrons. The summed E-state index contributed by atoms with van der Waals surface area (Å²) in [6, 6.07) is 0. The van der Waals surface area contributed by atoms with Crippen LogP contribution in [0.2, 0.25) is 0 Å². The van der Waals surface area contributed by atoms with E-state index in [0.717, 1.165) is 18.1 Å². The van der Waals surface area contributed by atoms with Crippen molar-refractivity contribution in [3.63, 3.8) is 0 Å². The summed E-state index contributed by atoms with van der Waals surface area (Å²) in [6.45, 7) is 0.809. The predicted octanol–water partition coefficient (Wildman–Crippen LogP) is 1.83. The first-order chi connectivity index (χ1) is 3.93. The fourth-order valence-electron chi connectivity index (χ4n) is 0.477. The highest BCUT2D eigenvalue weighted by Gasteiger charge is 2.00. The largest absolute Gasteiger partial charge is 0.495 e. The summed E-state index contributed by atoms with van der Waals surface area (Å²) in [5.41, 5.74) is 0. The fourth-order valence-corrected chi connectivity index (χ4v) is 1.36. The van der Waals surface area contributed by atoms with E-state index in [-0.39, 0.29) is 0 Å². The lowest BCUT2D eigenvalue weighted by atomic mass is 10.6. The zero-order valence-corrected chi connectivity index (χ0v) is 5.97. The third kappa shape index (κ3) is 1.60. The van der Waals surface area contributed by atoms with Gasteiger partial charge in [-0.2, -0.15) is 0 Å². The Labute approximate surface area is 58.0 Å². The Hall–Kier alpha value is 0.180. The van der Waals surface area contributed by atoms with Gasteiger partial charge in [0, 0.05) is 11.2 Å². The number of rotatable bonds is 1. The van der Waals surface area contributed by atoms with Crippen molar-refractivity contribution in [1.82, 2.24) is 0 Å². The minimum Gasteiger partial charge on any atom is -0.495 e. The van der Waals surface area contributed by atoms with Crippen LogP contribution in [0, 0.1) is 0 Å². The molecule has 0 saturated carbocycles. The highest BCUT2D eigenvalue weighted by atomic mass is 35.5. The average Bonchev–Trinajstić information content (AvgIpc) is 1.90. The van der Waals surface area contributed by atoms with Crippen LogP contribution in [-0.4, -0.2) is 18.2 Å². The van der Waals surface area contributed by atoms with Crippen LogP contribution < -0.4 is 0 Å². The normalized spacial score (nSPS) is 19.4. The Bertz CT molecular complexity index is 103. The molecule has 0 spiro atoms. The van der Waals surface area contributed by atoms with Crippen molar-refractivity contribution in [2.45, 2.75) is 0 Å². The van der Waals surface area contributed by atoms with Crippen LogP contribution in [0.5, 0.6) is 0 Å². The zero-order chi connectivity index (χ0) is 5.82. The van der Waals surface area contributed by atoms with Crippen molar-refractivity contribution in [3.8, 4) is 0 Å². The van der Waals surface area contributed by atoms with Gasteiger partial charge in [-0.05, 0) is 0 Å². The minimum atomic E-state index is 0.507. The van der Waals surface area contributed by atoms with E-state index in [0.29, 0.717) is 5.88 Å². The van der Waals surface area contributed by atoms with Crippen molar-refractivity contribution in [2.24, 2.45) is 0 Å². The van der Waals surface area contributed by atoms with Gasteiger partial charge in [-0.1, -0.05) is 0 Å². The number of ether oxygens (including phenoxy) is 1. The molecule has 0 saturated heterocycles. The van der Waals surface area contributed by atoms with Crippen LogP contribution in [0.15, 0.2) is 11.2 Å². The average molecular weight is 151 g/mol. The van der Waals surface area contributed by atoms with Crippen molar-refractivity contribution in [2.75, 3.05) is 18.2 Å². The van der Waals surface area contributed by atoms with Crippen LogP contribution in [0.3, 0.4) is 0 Å². The lowest BCUT2D eigenvalue weighted by Gasteiger charge is -2.10. The van der Waals surface area contributed by atoms with Gasteiger partial charge in [0.2, 0.25) is 0 Å². The maximum atomic E-state index is 5.47. The second-order valence-corrected chi connectivity index (χ2v) is 2.68. The Morgan fingerprint density at radius 3 is 3.12 bits per heavy atom. The fraction of sp³-hybridized carbons (Fsp3) is 0.600. The van der Waals surface area contributed by atoms with Gasteiger partial charge in [-0.15, -0.1) is 23.4 Å². The molecule has 1 heterocycles.